The van der Waals surface area contributed by atoms with Crippen molar-refractivity contribution in [1.29, 1.82) is 0 Å². The summed E-state index contributed by atoms with van der Waals surface area (Å²) < 4.78 is 0.334. The minimum atomic E-state index is -0.896. The summed E-state index contributed by atoms with van der Waals surface area (Å²) in [7, 11) is 3.77. The normalized spacial score (nSPS) is 14.7. The van der Waals surface area contributed by atoms with Crippen molar-refractivity contribution in [2.24, 2.45) is 0 Å². The SMILES string of the molecule is CN(C)CC(C)(O)CNc1nc[nH]c(=O)c1Br. The molecule has 0 saturated carbocycles. The molecule has 1 aromatic rings. The number of rotatable bonds is 5. The van der Waals surface area contributed by atoms with Gasteiger partial charge in [-0.15, -0.1) is 0 Å². The molecule has 7 heteroatoms. The van der Waals surface area contributed by atoms with E-state index < -0.39 is 5.60 Å². The van der Waals surface area contributed by atoms with Crippen LogP contribution in [0.4, 0.5) is 5.82 Å². The van der Waals surface area contributed by atoms with Crippen molar-refractivity contribution in [3.63, 3.8) is 0 Å². The van der Waals surface area contributed by atoms with E-state index in [0.717, 1.165) is 0 Å². The fourth-order valence-corrected chi connectivity index (χ4v) is 1.87. The van der Waals surface area contributed by atoms with Crippen molar-refractivity contribution in [1.82, 2.24) is 14.9 Å². The first-order valence-corrected chi connectivity index (χ1v) is 5.95. The molecule has 1 aromatic heterocycles. The summed E-state index contributed by atoms with van der Waals surface area (Å²) in [6, 6.07) is 0. The van der Waals surface area contributed by atoms with Gasteiger partial charge in [0.15, 0.2) is 0 Å². The number of anilines is 1. The molecular weight excluding hydrogens is 288 g/mol. The Morgan fingerprint density at radius 1 is 1.65 bits per heavy atom. The molecular formula is C10H17BrN4O2. The van der Waals surface area contributed by atoms with E-state index in [4.69, 9.17) is 0 Å². The lowest BCUT2D eigenvalue weighted by Gasteiger charge is -2.27. The van der Waals surface area contributed by atoms with Crippen LogP contribution >= 0.6 is 15.9 Å². The molecule has 1 heterocycles. The molecule has 0 saturated heterocycles. The molecule has 0 radical (unpaired) electrons. The van der Waals surface area contributed by atoms with Gasteiger partial charge >= 0.3 is 0 Å². The maximum Gasteiger partial charge on any atom is 0.267 e. The van der Waals surface area contributed by atoms with Gasteiger partial charge in [-0.2, -0.15) is 0 Å². The Morgan fingerprint density at radius 3 is 2.88 bits per heavy atom. The number of nitrogens with zero attached hydrogens (tertiary/aromatic N) is 2. The first-order chi connectivity index (χ1) is 7.82. The molecule has 96 valence electrons. The van der Waals surface area contributed by atoms with Crippen molar-refractivity contribution < 1.29 is 5.11 Å². The highest BCUT2D eigenvalue weighted by Gasteiger charge is 2.21. The third kappa shape index (κ3) is 4.45. The number of hydrogen-bond donors (Lipinski definition) is 3. The highest BCUT2D eigenvalue weighted by atomic mass is 79.9. The molecule has 1 unspecified atom stereocenters. The molecule has 0 spiro atoms. The lowest BCUT2D eigenvalue weighted by atomic mass is 10.1. The summed E-state index contributed by atoms with van der Waals surface area (Å²) in [5, 5.41) is 13.0. The third-order valence-electron chi connectivity index (χ3n) is 2.09. The van der Waals surface area contributed by atoms with Crippen LogP contribution in [-0.2, 0) is 0 Å². The van der Waals surface area contributed by atoms with Gasteiger partial charge in [-0.25, -0.2) is 4.98 Å². The third-order valence-corrected chi connectivity index (χ3v) is 2.83. The zero-order chi connectivity index (χ0) is 13.1. The standard InChI is InChI=1S/C10H17BrN4O2/c1-10(17,5-15(2)3)4-12-8-7(11)9(16)14-6-13-8/h6,17H,4-5H2,1-3H3,(H2,12,13,14,16). The smallest absolute Gasteiger partial charge is 0.267 e. The predicted molar refractivity (Wildman–Crippen MR) is 70.2 cm³/mol. The van der Waals surface area contributed by atoms with E-state index >= 15 is 0 Å². The minimum absolute atomic E-state index is 0.255. The topological polar surface area (TPSA) is 81.2 Å². The molecule has 0 aliphatic heterocycles. The number of aliphatic hydroxyl groups is 1. The average molecular weight is 305 g/mol. The highest BCUT2D eigenvalue weighted by molar-refractivity contribution is 9.10. The Bertz CT molecular complexity index is 431. The Morgan fingerprint density at radius 2 is 2.29 bits per heavy atom. The number of nitrogens with one attached hydrogen (secondary N) is 2. The largest absolute Gasteiger partial charge is 0.387 e. The molecule has 0 aliphatic rings. The van der Waals surface area contributed by atoms with Gasteiger partial charge < -0.3 is 20.3 Å². The van der Waals surface area contributed by atoms with Crippen LogP contribution in [0, 0.1) is 0 Å². The fourth-order valence-electron chi connectivity index (χ4n) is 1.52. The molecule has 3 N–H and O–H groups in total. The first kappa shape index (κ1) is 14.1. The molecule has 0 amide bonds. The number of halogens is 1. The summed E-state index contributed by atoms with van der Waals surface area (Å²) in [5.74, 6) is 0.424. The zero-order valence-corrected chi connectivity index (χ0v) is 11.7. The van der Waals surface area contributed by atoms with Gasteiger partial charge in [0, 0.05) is 13.1 Å². The number of aromatic amines is 1. The van der Waals surface area contributed by atoms with E-state index in [-0.39, 0.29) is 5.56 Å². The van der Waals surface area contributed by atoms with Crippen molar-refractivity contribution in [3.05, 3.63) is 21.2 Å². The summed E-state index contributed by atoms with van der Waals surface area (Å²) in [5.41, 5.74) is -1.15. The van der Waals surface area contributed by atoms with E-state index in [0.29, 0.717) is 23.4 Å². The lowest BCUT2D eigenvalue weighted by Crippen LogP contribution is -2.43. The number of H-pyrrole nitrogens is 1. The van der Waals surface area contributed by atoms with Crippen LogP contribution in [-0.4, -0.2) is 52.8 Å². The quantitative estimate of drug-likeness (QED) is 0.727. The second-order valence-electron chi connectivity index (χ2n) is 4.48. The summed E-state index contributed by atoms with van der Waals surface area (Å²) in [6.07, 6.45) is 1.32. The number of likely N-dealkylation sites (N-methyl/N-ethyl adjacent to an activating group) is 1. The van der Waals surface area contributed by atoms with Crippen molar-refractivity contribution in [2.75, 3.05) is 32.5 Å². The highest BCUT2D eigenvalue weighted by Crippen LogP contribution is 2.14. The van der Waals surface area contributed by atoms with Crippen LogP contribution in [0.2, 0.25) is 0 Å². The van der Waals surface area contributed by atoms with E-state index in [1.165, 1.54) is 6.33 Å². The van der Waals surface area contributed by atoms with Crippen molar-refractivity contribution >= 4 is 21.7 Å². The monoisotopic (exact) mass is 304 g/mol. The van der Waals surface area contributed by atoms with Crippen molar-refractivity contribution in [3.8, 4) is 0 Å². The fraction of sp³-hybridized carbons (Fsp3) is 0.600. The molecule has 0 aromatic carbocycles. The van der Waals surface area contributed by atoms with E-state index in [1.54, 1.807) is 6.92 Å². The minimum Gasteiger partial charge on any atom is -0.387 e. The van der Waals surface area contributed by atoms with Gasteiger partial charge in [-0.3, -0.25) is 4.79 Å². The molecule has 17 heavy (non-hydrogen) atoms. The van der Waals surface area contributed by atoms with Gasteiger partial charge in [0.25, 0.3) is 5.56 Å². The van der Waals surface area contributed by atoms with Crippen LogP contribution in [0.15, 0.2) is 15.6 Å². The average Bonchev–Trinajstić information content (AvgIpc) is 2.18. The maximum atomic E-state index is 11.3. The van der Waals surface area contributed by atoms with Crippen LogP contribution < -0.4 is 10.9 Å². The van der Waals surface area contributed by atoms with Crippen LogP contribution in [0.5, 0.6) is 0 Å². The van der Waals surface area contributed by atoms with Gasteiger partial charge in [-0.05, 0) is 36.9 Å². The summed E-state index contributed by atoms with van der Waals surface area (Å²) >= 11 is 3.14. The molecule has 0 aliphatic carbocycles. The maximum absolute atomic E-state index is 11.3. The van der Waals surface area contributed by atoms with E-state index in [1.807, 2.05) is 19.0 Å². The van der Waals surface area contributed by atoms with Gasteiger partial charge in [0.05, 0.1) is 11.9 Å². The molecule has 0 fully saturated rings. The number of aromatic nitrogens is 2. The van der Waals surface area contributed by atoms with Crippen LogP contribution in [0.3, 0.4) is 0 Å². The predicted octanol–water partition coefficient (Wildman–Crippen LogP) is 0.257. The van der Waals surface area contributed by atoms with Crippen LogP contribution in [0.25, 0.3) is 0 Å². The Balaban J connectivity index is 2.67. The number of hydrogen-bond acceptors (Lipinski definition) is 5. The van der Waals surface area contributed by atoms with E-state index in [9.17, 15) is 9.90 Å². The lowest BCUT2D eigenvalue weighted by molar-refractivity contribution is 0.0459. The van der Waals surface area contributed by atoms with Crippen LogP contribution in [0.1, 0.15) is 6.92 Å². The Hall–Kier alpha value is -0.920. The molecule has 0 bridgehead atoms. The van der Waals surface area contributed by atoms with E-state index in [2.05, 4.69) is 31.2 Å². The first-order valence-electron chi connectivity index (χ1n) is 5.16. The van der Waals surface area contributed by atoms with Gasteiger partial charge in [0.2, 0.25) is 0 Å². The molecule has 1 atom stereocenters. The molecule has 1 rings (SSSR count). The Labute approximate surface area is 108 Å². The zero-order valence-electron chi connectivity index (χ0n) is 10.1. The summed E-state index contributed by atoms with van der Waals surface area (Å²) in [6.45, 7) is 2.54. The van der Waals surface area contributed by atoms with Gasteiger partial charge in [-0.1, -0.05) is 0 Å². The molecule has 6 nitrogen and oxygen atoms in total. The van der Waals surface area contributed by atoms with Gasteiger partial charge in [0.1, 0.15) is 10.3 Å². The Kier molecular flexibility index (Phi) is 4.67. The second kappa shape index (κ2) is 5.61. The second-order valence-corrected chi connectivity index (χ2v) is 5.28. The van der Waals surface area contributed by atoms with Crippen molar-refractivity contribution in [2.45, 2.75) is 12.5 Å². The summed E-state index contributed by atoms with van der Waals surface area (Å²) in [4.78, 5) is 19.6.